The maximum Gasteiger partial charge on any atom is 0.0790 e. The molecular formula is C15H17ClOS. The zero-order valence-electron chi connectivity index (χ0n) is 10.4. The molecule has 1 atom stereocenters. The molecule has 0 spiro atoms. The molecule has 0 radical (unpaired) electrons. The lowest BCUT2D eigenvalue weighted by atomic mass is 10.0. The molecule has 0 saturated carbocycles. The fraction of sp³-hybridized carbons (Fsp3) is 0.333. The molecule has 0 fully saturated rings. The maximum atomic E-state index is 10.1. The Morgan fingerprint density at radius 3 is 2.83 bits per heavy atom. The molecular weight excluding hydrogens is 264 g/mol. The van der Waals surface area contributed by atoms with Gasteiger partial charge in [0.2, 0.25) is 0 Å². The van der Waals surface area contributed by atoms with Crippen molar-refractivity contribution in [1.29, 1.82) is 0 Å². The highest BCUT2D eigenvalue weighted by atomic mass is 35.5. The molecule has 0 bridgehead atoms. The fourth-order valence-electron chi connectivity index (χ4n) is 1.91. The first-order chi connectivity index (χ1) is 8.66. The summed E-state index contributed by atoms with van der Waals surface area (Å²) in [4.78, 5) is 1.38. The molecule has 2 aromatic rings. The maximum absolute atomic E-state index is 10.1. The summed E-state index contributed by atoms with van der Waals surface area (Å²) in [6.07, 6.45) is 2.39. The quantitative estimate of drug-likeness (QED) is 0.837. The van der Waals surface area contributed by atoms with Crippen molar-refractivity contribution in [3.05, 3.63) is 56.7 Å². The van der Waals surface area contributed by atoms with E-state index in [4.69, 9.17) is 11.6 Å². The van der Waals surface area contributed by atoms with E-state index in [1.165, 1.54) is 4.88 Å². The highest BCUT2D eigenvalue weighted by Crippen LogP contribution is 2.25. The molecule has 1 aromatic carbocycles. The third-order valence-corrected chi connectivity index (χ3v) is 4.40. The lowest BCUT2D eigenvalue weighted by Gasteiger charge is -2.11. The topological polar surface area (TPSA) is 20.2 Å². The average molecular weight is 281 g/mol. The first-order valence-corrected chi connectivity index (χ1v) is 7.39. The molecule has 1 N–H and O–H groups in total. The molecule has 0 aliphatic carbocycles. The smallest absolute Gasteiger partial charge is 0.0790 e. The lowest BCUT2D eigenvalue weighted by molar-refractivity contribution is 0.165. The van der Waals surface area contributed by atoms with E-state index in [2.05, 4.69) is 17.5 Å². The van der Waals surface area contributed by atoms with Crippen LogP contribution in [0.5, 0.6) is 0 Å². The summed E-state index contributed by atoms with van der Waals surface area (Å²) in [6, 6.07) is 9.99. The monoisotopic (exact) mass is 280 g/mol. The summed E-state index contributed by atoms with van der Waals surface area (Å²) in [6.45, 7) is 1.97. The molecule has 1 aromatic heterocycles. The van der Waals surface area contributed by atoms with Crippen LogP contribution in [0.2, 0.25) is 5.02 Å². The van der Waals surface area contributed by atoms with Crippen molar-refractivity contribution in [2.45, 2.75) is 32.3 Å². The van der Waals surface area contributed by atoms with Gasteiger partial charge in [-0.1, -0.05) is 29.8 Å². The van der Waals surface area contributed by atoms with Gasteiger partial charge in [0.25, 0.3) is 0 Å². The van der Waals surface area contributed by atoms with Gasteiger partial charge in [0.1, 0.15) is 0 Å². The van der Waals surface area contributed by atoms with Crippen LogP contribution in [0.25, 0.3) is 0 Å². The van der Waals surface area contributed by atoms with Crippen LogP contribution >= 0.6 is 22.9 Å². The minimum atomic E-state index is -0.414. The second kappa shape index (κ2) is 6.37. The van der Waals surface area contributed by atoms with E-state index < -0.39 is 6.10 Å². The van der Waals surface area contributed by atoms with Crippen molar-refractivity contribution < 1.29 is 5.11 Å². The van der Waals surface area contributed by atoms with Gasteiger partial charge in [-0.25, -0.2) is 0 Å². The van der Waals surface area contributed by atoms with Crippen LogP contribution in [0, 0.1) is 6.92 Å². The Balaban J connectivity index is 1.87. The van der Waals surface area contributed by atoms with Crippen LogP contribution in [0.3, 0.4) is 0 Å². The van der Waals surface area contributed by atoms with Gasteiger partial charge in [-0.15, -0.1) is 11.3 Å². The zero-order chi connectivity index (χ0) is 13.0. The third kappa shape index (κ3) is 3.58. The number of rotatable bonds is 5. The SMILES string of the molecule is Cc1ccc(C(O)CCCc2cccs2)cc1Cl. The Hall–Kier alpha value is -0.830. The minimum absolute atomic E-state index is 0.414. The fourth-order valence-corrected chi connectivity index (χ4v) is 2.85. The van der Waals surface area contributed by atoms with Crippen molar-refractivity contribution in [3.8, 4) is 0 Å². The second-order valence-corrected chi connectivity index (χ2v) is 5.94. The van der Waals surface area contributed by atoms with Crippen LogP contribution in [-0.4, -0.2) is 5.11 Å². The minimum Gasteiger partial charge on any atom is -0.388 e. The number of aryl methyl sites for hydroxylation is 2. The number of halogens is 1. The standard InChI is InChI=1S/C15H17ClOS/c1-11-7-8-12(10-14(11)16)15(17)6-2-4-13-5-3-9-18-13/h3,5,7-10,15,17H,2,4,6H2,1H3. The van der Waals surface area contributed by atoms with Crippen molar-refractivity contribution >= 4 is 22.9 Å². The van der Waals surface area contributed by atoms with Crippen molar-refractivity contribution in [2.75, 3.05) is 0 Å². The average Bonchev–Trinajstić information content (AvgIpc) is 2.85. The van der Waals surface area contributed by atoms with E-state index in [0.29, 0.717) is 0 Å². The van der Waals surface area contributed by atoms with E-state index in [1.807, 2.05) is 25.1 Å². The van der Waals surface area contributed by atoms with Crippen LogP contribution in [0.4, 0.5) is 0 Å². The van der Waals surface area contributed by atoms with Crippen LogP contribution in [0.1, 0.15) is 34.9 Å². The van der Waals surface area contributed by atoms with E-state index >= 15 is 0 Å². The lowest BCUT2D eigenvalue weighted by Crippen LogP contribution is -1.98. The summed E-state index contributed by atoms with van der Waals surface area (Å²) in [7, 11) is 0. The van der Waals surface area contributed by atoms with Crippen LogP contribution in [-0.2, 0) is 6.42 Å². The second-order valence-electron chi connectivity index (χ2n) is 4.50. The van der Waals surface area contributed by atoms with Gasteiger partial charge >= 0.3 is 0 Å². The number of hydrogen-bond acceptors (Lipinski definition) is 2. The molecule has 0 aliphatic heterocycles. The van der Waals surface area contributed by atoms with E-state index in [9.17, 15) is 5.11 Å². The number of hydrogen-bond donors (Lipinski definition) is 1. The van der Waals surface area contributed by atoms with Crippen LogP contribution in [0.15, 0.2) is 35.7 Å². The Morgan fingerprint density at radius 2 is 2.17 bits per heavy atom. The normalized spacial score (nSPS) is 12.6. The summed E-state index contributed by atoms with van der Waals surface area (Å²) >= 11 is 7.84. The summed E-state index contributed by atoms with van der Waals surface area (Å²) in [5, 5.41) is 12.9. The van der Waals surface area contributed by atoms with Gasteiger partial charge in [0.15, 0.2) is 0 Å². The molecule has 0 amide bonds. The molecule has 1 heterocycles. The van der Waals surface area contributed by atoms with Gasteiger partial charge in [-0.05, 0) is 54.8 Å². The predicted molar refractivity (Wildman–Crippen MR) is 78.4 cm³/mol. The zero-order valence-corrected chi connectivity index (χ0v) is 12.0. The summed E-state index contributed by atoms with van der Waals surface area (Å²) in [5.74, 6) is 0. The predicted octanol–water partition coefficient (Wildman–Crippen LogP) is 4.77. The highest BCUT2D eigenvalue weighted by Gasteiger charge is 2.09. The molecule has 0 aliphatic rings. The Bertz CT molecular complexity index is 493. The molecule has 3 heteroatoms. The first kappa shape index (κ1) is 13.6. The number of aliphatic hydroxyl groups is 1. The molecule has 18 heavy (non-hydrogen) atoms. The van der Waals surface area contributed by atoms with Crippen molar-refractivity contribution in [2.24, 2.45) is 0 Å². The number of thiophene rings is 1. The van der Waals surface area contributed by atoms with Gasteiger partial charge < -0.3 is 5.11 Å². The summed E-state index contributed by atoms with van der Waals surface area (Å²) < 4.78 is 0. The number of benzene rings is 1. The van der Waals surface area contributed by atoms with E-state index in [1.54, 1.807) is 11.3 Å². The molecule has 0 saturated heterocycles. The Labute approximate surface area is 117 Å². The third-order valence-electron chi connectivity index (χ3n) is 3.06. The van der Waals surface area contributed by atoms with Crippen molar-refractivity contribution in [3.63, 3.8) is 0 Å². The van der Waals surface area contributed by atoms with Gasteiger partial charge in [0.05, 0.1) is 6.10 Å². The Morgan fingerprint density at radius 1 is 1.33 bits per heavy atom. The van der Waals surface area contributed by atoms with Crippen LogP contribution < -0.4 is 0 Å². The highest BCUT2D eigenvalue weighted by molar-refractivity contribution is 7.09. The molecule has 1 nitrogen and oxygen atoms in total. The van der Waals surface area contributed by atoms with Gasteiger partial charge in [0, 0.05) is 9.90 Å². The first-order valence-electron chi connectivity index (χ1n) is 6.13. The molecule has 2 rings (SSSR count). The van der Waals surface area contributed by atoms with Gasteiger partial charge in [-0.2, -0.15) is 0 Å². The summed E-state index contributed by atoms with van der Waals surface area (Å²) in [5.41, 5.74) is 1.96. The molecule has 96 valence electrons. The largest absolute Gasteiger partial charge is 0.388 e. The number of aliphatic hydroxyl groups excluding tert-OH is 1. The van der Waals surface area contributed by atoms with E-state index in [0.717, 1.165) is 35.4 Å². The van der Waals surface area contributed by atoms with E-state index in [-0.39, 0.29) is 0 Å². The Kier molecular flexibility index (Phi) is 4.81. The van der Waals surface area contributed by atoms with Gasteiger partial charge in [-0.3, -0.25) is 0 Å². The molecule has 1 unspecified atom stereocenters. The van der Waals surface area contributed by atoms with Crippen molar-refractivity contribution in [1.82, 2.24) is 0 Å².